The number of oxazole rings is 1. The van der Waals surface area contributed by atoms with Crippen molar-refractivity contribution >= 4 is 17.0 Å². The molecular weight excluding hydrogens is 246 g/mol. The van der Waals surface area contributed by atoms with Gasteiger partial charge in [-0.15, -0.1) is 0 Å². The van der Waals surface area contributed by atoms with Crippen molar-refractivity contribution in [3.05, 3.63) is 34.3 Å². The number of hydrogen-bond acceptors (Lipinski definition) is 4. The van der Waals surface area contributed by atoms with E-state index in [9.17, 15) is 9.59 Å². The average molecular weight is 259 g/mol. The quantitative estimate of drug-likeness (QED) is 0.869. The lowest BCUT2D eigenvalue weighted by atomic mass is 9.94. The Morgan fingerprint density at radius 1 is 1.53 bits per heavy atom. The van der Waals surface area contributed by atoms with Gasteiger partial charge in [-0.1, -0.05) is 6.07 Å². The normalized spacial score (nSPS) is 11.2. The van der Waals surface area contributed by atoms with Gasteiger partial charge in [-0.25, -0.2) is 4.79 Å². The summed E-state index contributed by atoms with van der Waals surface area (Å²) >= 11 is 0. The van der Waals surface area contributed by atoms with Crippen molar-refractivity contribution < 1.29 is 9.21 Å². The zero-order valence-corrected chi connectivity index (χ0v) is 10.6. The molecule has 1 aromatic heterocycles. The first kappa shape index (κ1) is 12.9. The molecule has 0 aliphatic carbocycles. The second kappa shape index (κ2) is 4.61. The van der Waals surface area contributed by atoms with Crippen LogP contribution in [0.25, 0.3) is 11.1 Å². The van der Waals surface area contributed by atoms with Crippen molar-refractivity contribution in [3.8, 4) is 6.07 Å². The number of rotatable bonds is 3. The molecule has 19 heavy (non-hydrogen) atoms. The Bertz CT molecular complexity index is 719. The van der Waals surface area contributed by atoms with Crippen LogP contribution in [-0.4, -0.2) is 10.9 Å². The molecule has 2 rings (SSSR count). The van der Waals surface area contributed by atoms with E-state index >= 15 is 0 Å². The van der Waals surface area contributed by atoms with Gasteiger partial charge in [0.2, 0.25) is 5.91 Å². The number of benzene rings is 1. The highest BCUT2D eigenvalue weighted by Gasteiger charge is 2.23. The maximum absolute atomic E-state index is 11.5. The van der Waals surface area contributed by atoms with Crippen LogP contribution in [0.5, 0.6) is 0 Å². The van der Waals surface area contributed by atoms with Crippen LogP contribution >= 0.6 is 0 Å². The van der Waals surface area contributed by atoms with E-state index in [1.165, 1.54) is 0 Å². The van der Waals surface area contributed by atoms with Crippen molar-refractivity contribution in [3.63, 3.8) is 0 Å². The monoisotopic (exact) mass is 259 g/mol. The van der Waals surface area contributed by atoms with Crippen LogP contribution in [0.15, 0.2) is 27.4 Å². The summed E-state index contributed by atoms with van der Waals surface area (Å²) in [6.45, 7) is 3.64. The fraction of sp³-hybridized carbons (Fsp3) is 0.308. The lowest BCUT2D eigenvalue weighted by Gasteiger charge is -2.26. The number of hydrogen-bond donors (Lipinski definition) is 2. The van der Waals surface area contributed by atoms with Crippen molar-refractivity contribution in [2.45, 2.75) is 25.8 Å². The summed E-state index contributed by atoms with van der Waals surface area (Å²) in [5, 5.41) is 11.2. The molecule has 0 spiro atoms. The van der Waals surface area contributed by atoms with Crippen molar-refractivity contribution in [1.29, 1.82) is 5.26 Å². The molecule has 6 heteroatoms. The maximum atomic E-state index is 11.5. The molecule has 0 unspecified atom stereocenters. The second-order valence-electron chi connectivity index (χ2n) is 4.73. The predicted octanol–water partition coefficient (Wildman–Crippen LogP) is 1.39. The van der Waals surface area contributed by atoms with Crippen molar-refractivity contribution in [1.82, 2.24) is 10.3 Å². The molecule has 98 valence electrons. The van der Waals surface area contributed by atoms with Gasteiger partial charge in [-0.2, -0.15) is 5.26 Å². The van der Waals surface area contributed by atoms with E-state index in [0.29, 0.717) is 11.1 Å². The number of aromatic amines is 1. The summed E-state index contributed by atoms with van der Waals surface area (Å²) in [6.07, 6.45) is -0.186. The Balaban J connectivity index is 2.34. The topological polar surface area (TPSA) is 98.9 Å². The second-order valence-corrected chi connectivity index (χ2v) is 4.73. The largest absolute Gasteiger partial charge is 0.417 e. The van der Waals surface area contributed by atoms with Gasteiger partial charge in [-0.05, 0) is 31.5 Å². The van der Waals surface area contributed by atoms with Crippen LogP contribution in [0, 0.1) is 11.3 Å². The van der Waals surface area contributed by atoms with E-state index in [1.807, 2.05) is 13.8 Å². The van der Waals surface area contributed by atoms with Gasteiger partial charge in [0.1, 0.15) is 6.42 Å². The van der Waals surface area contributed by atoms with Crippen LogP contribution in [0.4, 0.5) is 0 Å². The van der Waals surface area contributed by atoms with Crippen LogP contribution in [-0.2, 0) is 10.3 Å². The number of nitrogens with one attached hydrogen (secondary N) is 2. The number of carbonyl (C=O) groups excluding carboxylic acids is 1. The van der Waals surface area contributed by atoms with Gasteiger partial charge >= 0.3 is 5.76 Å². The van der Waals surface area contributed by atoms with Gasteiger partial charge in [0.25, 0.3) is 0 Å². The zero-order chi connectivity index (χ0) is 14.0. The minimum absolute atomic E-state index is 0.186. The Hall–Kier alpha value is -2.55. The maximum Gasteiger partial charge on any atom is 0.417 e. The lowest BCUT2D eigenvalue weighted by Crippen LogP contribution is -2.40. The first-order valence-electron chi connectivity index (χ1n) is 5.74. The summed E-state index contributed by atoms with van der Waals surface area (Å²) in [7, 11) is 0. The van der Waals surface area contributed by atoms with Crippen LogP contribution in [0.1, 0.15) is 25.8 Å². The number of aromatic nitrogens is 1. The van der Waals surface area contributed by atoms with Crippen LogP contribution in [0.3, 0.4) is 0 Å². The summed E-state index contributed by atoms with van der Waals surface area (Å²) in [5.41, 5.74) is 1.21. The fourth-order valence-electron chi connectivity index (χ4n) is 1.88. The Kier molecular flexibility index (Phi) is 3.13. The number of H-pyrrole nitrogens is 1. The molecule has 0 saturated carbocycles. The number of carbonyl (C=O) groups is 1. The summed E-state index contributed by atoms with van der Waals surface area (Å²) in [6, 6.07) is 6.98. The first-order valence-corrected chi connectivity index (χ1v) is 5.74. The van der Waals surface area contributed by atoms with E-state index < -0.39 is 11.3 Å². The van der Waals surface area contributed by atoms with E-state index in [0.717, 1.165) is 5.56 Å². The number of amides is 1. The van der Waals surface area contributed by atoms with E-state index in [4.69, 9.17) is 9.68 Å². The molecule has 0 aliphatic rings. The Labute approximate surface area is 109 Å². The van der Waals surface area contributed by atoms with E-state index in [2.05, 4.69) is 10.3 Å². The molecular formula is C13H13N3O3. The highest BCUT2D eigenvalue weighted by atomic mass is 16.4. The molecule has 1 heterocycles. The predicted molar refractivity (Wildman–Crippen MR) is 68.2 cm³/mol. The highest BCUT2D eigenvalue weighted by molar-refractivity contribution is 5.79. The number of fused-ring (bicyclic) bond motifs is 1. The van der Waals surface area contributed by atoms with Gasteiger partial charge in [0.05, 0.1) is 17.1 Å². The summed E-state index contributed by atoms with van der Waals surface area (Å²) in [4.78, 5) is 25.1. The van der Waals surface area contributed by atoms with E-state index in [-0.39, 0.29) is 12.3 Å². The molecule has 2 aromatic rings. The lowest BCUT2D eigenvalue weighted by molar-refractivity contribution is -0.121. The van der Waals surface area contributed by atoms with Crippen molar-refractivity contribution in [2.75, 3.05) is 0 Å². The minimum atomic E-state index is -0.643. The Morgan fingerprint density at radius 2 is 2.26 bits per heavy atom. The standard InChI is InChI=1S/C13H13N3O3/c1-13(2,16-11(17)5-6-14)8-3-4-10-9(7-8)15-12(18)19-10/h3-4,7H,5H2,1-2H3,(H,15,18)(H,16,17). The molecule has 0 saturated heterocycles. The van der Waals surface area contributed by atoms with Crippen LogP contribution < -0.4 is 11.1 Å². The van der Waals surface area contributed by atoms with Gasteiger partial charge in [-0.3, -0.25) is 9.78 Å². The van der Waals surface area contributed by atoms with Gasteiger partial charge < -0.3 is 9.73 Å². The van der Waals surface area contributed by atoms with Gasteiger partial charge in [0, 0.05) is 0 Å². The molecule has 0 bridgehead atoms. The SMILES string of the molecule is CC(C)(NC(=O)CC#N)c1ccc2oc(=O)[nH]c2c1. The summed E-state index contributed by atoms with van der Waals surface area (Å²) < 4.78 is 4.91. The molecule has 1 amide bonds. The van der Waals surface area contributed by atoms with E-state index in [1.54, 1.807) is 24.3 Å². The molecule has 0 radical (unpaired) electrons. The molecule has 0 aliphatic heterocycles. The summed E-state index contributed by atoms with van der Waals surface area (Å²) in [5.74, 6) is -0.855. The number of nitrogens with zero attached hydrogens (tertiary/aromatic N) is 1. The third kappa shape index (κ3) is 2.65. The molecule has 0 atom stereocenters. The average Bonchev–Trinajstić information content (AvgIpc) is 2.67. The molecule has 1 aromatic carbocycles. The van der Waals surface area contributed by atoms with Gasteiger partial charge in [0.15, 0.2) is 5.58 Å². The third-order valence-corrected chi connectivity index (χ3v) is 2.83. The third-order valence-electron chi connectivity index (χ3n) is 2.83. The molecule has 0 fully saturated rings. The van der Waals surface area contributed by atoms with Crippen LogP contribution in [0.2, 0.25) is 0 Å². The number of nitriles is 1. The molecule has 6 nitrogen and oxygen atoms in total. The minimum Gasteiger partial charge on any atom is -0.408 e. The smallest absolute Gasteiger partial charge is 0.408 e. The first-order chi connectivity index (χ1) is 8.92. The highest BCUT2D eigenvalue weighted by Crippen LogP contribution is 2.23. The fourth-order valence-corrected chi connectivity index (χ4v) is 1.88. The Morgan fingerprint density at radius 3 is 2.95 bits per heavy atom. The molecule has 2 N–H and O–H groups in total. The zero-order valence-electron chi connectivity index (χ0n) is 10.6. The van der Waals surface area contributed by atoms with Crippen molar-refractivity contribution in [2.24, 2.45) is 0 Å².